The number of aryl methyl sites for hydroxylation is 1. The van der Waals surface area contributed by atoms with Crippen LogP contribution in [-0.4, -0.2) is 22.6 Å². The Balaban J connectivity index is 2.52. The van der Waals surface area contributed by atoms with Crippen LogP contribution in [0.4, 0.5) is 0 Å². The zero-order valence-corrected chi connectivity index (χ0v) is 7.32. The fourth-order valence-electron chi connectivity index (χ4n) is 0.701. The van der Waals surface area contributed by atoms with Crippen LogP contribution < -0.4 is 10.5 Å². The molecule has 1 heterocycles. The van der Waals surface area contributed by atoms with Crippen molar-refractivity contribution in [1.82, 2.24) is 9.97 Å². The molecule has 0 saturated carbocycles. The van der Waals surface area contributed by atoms with Crippen LogP contribution in [0.3, 0.4) is 0 Å². The molecule has 4 nitrogen and oxygen atoms in total. The smallest absolute Gasteiger partial charge is 0.316 e. The molecule has 4 heteroatoms. The van der Waals surface area contributed by atoms with Crippen molar-refractivity contribution in [2.75, 3.05) is 6.61 Å². The van der Waals surface area contributed by atoms with Crippen molar-refractivity contribution in [2.24, 2.45) is 5.73 Å². The van der Waals surface area contributed by atoms with Crippen molar-refractivity contribution in [3.05, 3.63) is 18.0 Å². The summed E-state index contributed by atoms with van der Waals surface area (Å²) in [4.78, 5) is 7.98. The normalized spacial score (nSPS) is 12.6. The molecular weight excluding hydrogens is 154 g/mol. The maximum Gasteiger partial charge on any atom is 0.316 e. The van der Waals surface area contributed by atoms with Crippen molar-refractivity contribution < 1.29 is 4.74 Å². The highest BCUT2D eigenvalue weighted by atomic mass is 16.5. The maximum atomic E-state index is 5.50. The maximum absolute atomic E-state index is 5.50. The van der Waals surface area contributed by atoms with E-state index < -0.39 is 0 Å². The summed E-state index contributed by atoms with van der Waals surface area (Å²) in [5.41, 5.74) is 6.39. The molecule has 0 aliphatic rings. The second-order valence-electron chi connectivity index (χ2n) is 2.77. The molecule has 12 heavy (non-hydrogen) atoms. The first-order chi connectivity index (χ1) is 5.68. The lowest BCUT2D eigenvalue weighted by Crippen LogP contribution is -2.24. The summed E-state index contributed by atoms with van der Waals surface area (Å²) in [5, 5.41) is 0. The van der Waals surface area contributed by atoms with Gasteiger partial charge in [-0.15, -0.1) is 0 Å². The number of nitrogens with two attached hydrogens (primary N) is 1. The standard InChI is InChI=1S/C8H13N3O/c1-6(9)5-12-8-10-4-3-7(2)11-8/h3-4,6H,5,9H2,1-2H3. The lowest BCUT2D eigenvalue weighted by atomic mass is 10.4. The van der Waals surface area contributed by atoms with Gasteiger partial charge in [-0.1, -0.05) is 0 Å². The molecule has 0 saturated heterocycles. The Labute approximate surface area is 71.8 Å². The molecule has 1 rings (SSSR count). The molecule has 1 aromatic rings. The van der Waals surface area contributed by atoms with E-state index in [9.17, 15) is 0 Å². The van der Waals surface area contributed by atoms with Crippen LogP contribution in [0.1, 0.15) is 12.6 Å². The van der Waals surface area contributed by atoms with E-state index in [1.54, 1.807) is 6.20 Å². The van der Waals surface area contributed by atoms with Crippen LogP contribution in [0.5, 0.6) is 6.01 Å². The quantitative estimate of drug-likeness (QED) is 0.712. The Morgan fingerprint density at radius 3 is 3.00 bits per heavy atom. The van der Waals surface area contributed by atoms with E-state index in [1.807, 2.05) is 19.9 Å². The number of nitrogens with zero attached hydrogens (tertiary/aromatic N) is 2. The number of hydrogen-bond acceptors (Lipinski definition) is 4. The van der Waals surface area contributed by atoms with Gasteiger partial charge in [0.25, 0.3) is 0 Å². The fourth-order valence-corrected chi connectivity index (χ4v) is 0.701. The summed E-state index contributed by atoms with van der Waals surface area (Å²) >= 11 is 0. The minimum absolute atomic E-state index is 0.00844. The van der Waals surface area contributed by atoms with Gasteiger partial charge in [0.1, 0.15) is 6.61 Å². The average Bonchev–Trinajstić information content (AvgIpc) is 2.01. The van der Waals surface area contributed by atoms with Gasteiger partial charge in [-0.05, 0) is 19.9 Å². The van der Waals surface area contributed by atoms with Crippen LogP contribution in [0.25, 0.3) is 0 Å². The first-order valence-electron chi connectivity index (χ1n) is 3.86. The van der Waals surface area contributed by atoms with Gasteiger partial charge < -0.3 is 10.5 Å². The average molecular weight is 167 g/mol. The lowest BCUT2D eigenvalue weighted by molar-refractivity contribution is 0.273. The third kappa shape index (κ3) is 2.84. The predicted molar refractivity (Wildman–Crippen MR) is 45.9 cm³/mol. The number of rotatable bonds is 3. The molecule has 0 spiro atoms. The Morgan fingerprint density at radius 2 is 2.42 bits per heavy atom. The molecule has 2 N–H and O–H groups in total. The summed E-state index contributed by atoms with van der Waals surface area (Å²) in [6.45, 7) is 4.21. The molecule has 1 atom stereocenters. The molecule has 0 aliphatic heterocycles. The van der Waals surface area contributed by atoms with Crippen LogP contribution in [0.2, 0.25) is 0 Å². The summed E-state index contributed by atoms with van der Waals surface area (Å²) in [7, 11) is 0. The highest BCUT2D eigenvalue weighted by molar-refractivity contribution is 5.02. The molecule has 1 aromatic heterocycles. The minimum Gasteiger partial charge on any atom is -0.462 e. The summed E-state index contributed by atoms with van der Waals surface area (Å²) < 4.78 is 5.20. The summed E-state index contributed by atoms with van der Waals surface area (Å²) in [6, 6.07) is 2.22. The van der Waals surface area contributed by atoms with Gasteiger partial charge in [0.15, 0.2) is 0 Å². The van der Waals surface area contributed by atoms with Gasteiger partial charge in [-0.2, -0.15) is 0 Å². The highest BCUT2D eigenvalue weighted by Gasteiger charge is 1.98. The van der Waals surface area contributed by atoms with Gasteiger partial charge in [-0.25, -0.2) is 9.97 Å². The lowest BCUT2D eigenvalue weighted by Gasteiger charge is -2.06. The molecule has 0 aromatic carbocycles. The van der Waals surface area contributed by atoms with Gasteiger partial charge in [0.2, 0.25) is 0 Å². The molecule has 0 radical (unpaired) electrons. The number of hydrogen-bond donors (Lipinski definition) is 1. The van der Waals surface area contributed by atoms with Crippen LogP contribution in [0, 0.1) is 6.92 Å². The van der Waals surface area contributed by atoms with E-state index in [2.05, 4.69) is 9.97 Å². The molecule has 0 aliphatic carbocycles. The summed E-state index contributed by atoms with van der Waals surface area (Å²) in [6.07, 6.45) is 1.67. The molecular formula is C8H13N3O. The molecule has 66 valence electrons. The molecule has 0 amide bonds. The molecule has 0 fully saturated rings. The first kappa shape index (κ1) is 8.93. The van der Waals surface area contributed by atoms with Gasteiger partial charge in [0, 0.05) is 17.9 Å². The Morgan fingerprint density at radius 1 is 1.67 bits per heavy atom. The number of ether oxygens (including phenoxy) is 1. The van der Waals surface area contributed by atoms with Crippen LogP contribution in [0.15, 0.2) is 12.3 Å². The minimum atomic E-state index is 0.00844. The summed E-state index contributed by atoms with van der Waals surface area (Å²) in [5.74, 6) is 0. The topological polar surface area (TPSA) is 61.0 Å². The monoisotopic (exact) mass is 167 g/mol. The van der Waals surface area contributed by atoms with Gasteiger partial charge in [0.05, 0.1) is 0 Å². The fraction of sp³-hybridized carbons (Fsp3) is 0.500. The van der Waals surface area contributed by atoms with Crippen LogP contribution in [-0.2, 0) is 0 Å². The van der Waals surface area contributed by atoms with E-state index in [4.69, 9.17) is 10.5 Å². The van der Waals surface area contributed by atoms with Crippen LogP contribution >= 0.6 is 0 Å². The third-order valence-electron chi connectivity index (χ3n) is 1.25. The molecule has 1 unspecified atom stereocenters. The van der Waals surface area contributed by atoms with Gasteiger partial charge in [-0.3, -0.25) is 0 Å². The Hall–Kier alpha value is -1.16. The molecule has 0 bridgehead atoms. The second-order valence-corrected chi connectivity index (χ2v) is 2.77. The largest absolute Gasteiger partial charge is 0.462 e. The second kappa shape index (κ2) is 4.01. The Kier molecular flexibility index (Phi) is 2.99. The Bertz CT molecular complexity index is 250. The third-order valence-corrected chi connectivity index (χ3v) is 1.25. The van der Waals surface area contributed by atoms with Crippen molar-refractivity contribution >= 4 is 0 Å². The van der Waals surface area contributed by atoms with Crippen molar-refractivity contribution in [2.45, 2.75) is 19.9 Å². The SMILES string of the molecule is Cc1ccnc(OCC(C)N)n1. The highest BCUT2D eigenvalue weighted by Crippen LogP contribution is 2.01. The predicted octanol–water partition coefficient (Wildman–Crippen LogP) is 0.511. The van der Waals surface area contributed by atoms with E-state index >= 15 is 0 Å². The zero-order chi connectivity index (χ0) is 8.97. The van der Waals surface area contributed by atoms with E-state index in [1.165, 1.54) is 0 Å². The van der Waals surface area contributed by atoms with E-state index in [0.29, 0.717) is 12.6 Å². The zero-order valence-electron chi connectivity index (χ0n) is 7.32. The van der Waals surface area contributed by atoms with E-state index in [0.717, 1.165) is 5.69 Å². The van der Waals surface area contributed by atoms with Crippen molar-refractivity contribution in [3.63, 3.8) is 0 Å². The van der Waals surface area contributed by atoms with E-state index in [-0.39, 0.29) is 6.04 Å². The van der Waals surface area contributed by atoms with Crippen molar-refractivity contribution in [3.8, 4) is 6.01 Å². The van der Waals surface area contributed by atoms with Crippen molar-refractivity contribution in [1.29, 1.82) is 0 Å². The first-order valence-corrected chi connectivity index (χ1v) is 3.86. The number of aromatic nitrogens is 2. The van der Waals surface area contributed by atoms with Gasteiger partial charge >= 0.3 is 6.01 Å².